The van der Waals surface area contributed by atoms with Crippen molar-refractivity contribution in [3.05, 3.63) is 24.3 Å². The summed E-state index contributed by atoms with van der Waals surface area (Å²) in [6.45, 7) is 2.34. The van der Waals surface area contributed by atoms with Crippen LogP contribution in [0, 0.1) is 0 Å². The second kappa shape index (κ2) is 8.04. The van der Waals surface area contributed by atoms with Crippen molar-refractivity contribution in [3.8, 4) is 0 Å². The Labute approximate surface area is 118 Å². The van der Waals surface area contributed by atoms with E-state index in [4.69, 9.17) is 10.8 Å². The molecule has 0 atom stereocenters. The molecule has 6 nitrogen and oxygen atoms in total. The number of aliphatic carboxylic acids is 1. The number of nitrogens with two attached hydrogens (primary N) is 1. The van der Waals surface area contributed by atoms with Gasteiger partial charge in [-0.3, -0.25) is 9.59 Å². The Hall–Kier alpha value is -2.24. The van der Waals surface area contributed by atoms with E-state index >= 15 is 0 Å². The minimum absolute atomic E-state index is 0.0236. The third-order valence-electron chi connectivity index (χ3n) is 2.79. The third kappa shape index (κ3) is 5.17. The van der Waals surface area contributed by atoms with Crippen LogP contribution in [0.1, 0.15) is 19.8 Å². The maximum Gasteiger partial charge on any atom is 0.323 e. The fourth-order valence-corrected chi connectivity index (χ4v) is 1.80. The van der Waals surface area contributed by atoms with Gasteiger partial charge < -0.3 is 21.1 Å². The summed E-state index contributed by atoms with van der Waals surface area (Å²) in [7, 11) is 0. The lowest BCUT2D eigenvalue weighted by Gasteiger charge is -2.23. The standard InChI is InChI=1S/C14H21N3O3/c1-2-3-8-16-13(18)9-17(10-14(19)20)12-7-5-4-6-11(12)15/h4-7H,2-3,8-10,15H2,1H3,(H,16,18)(H,19,20). The predicted octanol–water partition coefficient (Wildman–Crippen LogP) is 1.08. The van der Waals surface area contributed by atoms with Gasteiger partial charge in [0.15, 0.2) is 0 Å². The zero-order valence-electron chi connectivity index (χ0n) is 11.6. The normalized spacial score (nSPS) is 10.1. The van der Waals surface area contributed by atoms with Gasteiger partial charge in [-0.05, 0) is 18.6 Å². The molecule has 1 aromatic rings. The van der Waals surface area contributed by atoms with Crippen LogP contribution in [0.4, 0.5) is 11.4 Å². The highest BCUT2D eigenvalue weighted by Crippen LogP contribution is 2.21. The number of carbonyl (C=O) groups excluding carboxylic acids is 1. The van der Waals surface area contributed by atoms with Crippen LogP contribution < -0.4 is 16.0 Å². The molecule has 20 heavy (non-hydrogen) atoms. The van der Waals surface area contributed by atoms with Crippen LogP contribution in [-0.4, -0.2) is 36.6 Å². The van der Waals surface area contributed by atoms with Gasteiger partial charge in [0.25, 0.3) is 0 Å². The molecule has 0 saturated heterocycles. The molecular formula is C14H21N3O3. The fourth-order valence-electron chi connectivity index (χ4n) is 1.80. The minimum atomic E-state index is -1.00. The molecule has 0 fully saturated rings. The van der Waals surface area contributed by atoms with Crippen molar-refractivity contribution in [2.24, 2.45) is 0 Å². The van der Waals surface area contributed by atoms with Crippen LogP contribution in [0.25, 0.3) is 0 Å². The second-order valence-electron chi connectivity index (χ2n) is 4.51. The number of anilines is 2. The molecule has 0 heterocycles. The molecule has 0 aliphatic rings. The fraction of sp³-hybridized carbons (Fsp3) is 0.429. The quantitative estimate of drug-likeness (QED) is 0.489. The number of nitrogens with one attached hydrogen (secondary N) is 1. The van der Waals surface area contributed by atoms with E-state index in [2.05, 4.69) is 5.32 Å². The number of rotatable bonds is 8. The van der Waals surface area contributed by atoms with E-state index in [0.717, 1.165) is 12.8 Å². The van der Waals surface area contributed by atoms with Gasteiger partial charge in [0.2, 0.25) is 5.91 Å². The Morgan fingerprint density at radius 3 is 2.60 bits per heavy atom. The monoisotopic (exact) mass is 279 g/mol. The molecule has 1 amide bonds. The summed E-state index contributed by atoms with van der Waals surface area (Å²) in [6, 6.07) is 6.91. The van der Waals surface area contributed by atoms with Crippen molar-refractivity contribution < 1.29 is 14.7 Å². The molecule has 0 spiro atoms. The first kappa shape index (κ1) is 15.8. The first-order valence-corrected chi connectivity index (χ1v) is 6.62. The maximum atomic E-state index is 11.8. The second-order valence-corrected chi connectivity index (χ2v) is 4.51. The van der Waals surface area contributed by atoms with Gasteiger partial charge in [0.05, 0.1) is 17.9 Å². The van der Waals surface area contributed by atoms with Crippen molar-refractivity contribution >= 4 is 23.3 Å². The first-order valence-electron chi connectivity index (χ1n) is 6.62. The van der Waals surface area contributed by atoms with Crippen LogP contribution >= 0.6 is 0 Å². The summed E-state index contributed by atoms with van der Waals surface area (Å²) in [5.74, 6) is -1.21. The molecular weight excluding hydrogens is 258 g/mol. The number of hydrogen-bond donors (Lipinski definition) is 3. The van der Waals surface area contributed by atoms with Crippen molar-refractivity contribution in [2.75, 3.05) is 30.3 Å². The number of carboxylic acids is 1. The van der Waals surface area contributed by atoms with Gasteiger partial charge in [0, 0.05) is 6.54 Å². The Morgan fingerprint density at radius 1 is 1.30 bits per heavy atom. The summed E-state index contributed by atoms with van der Waals surface area (Å²) in [5, 5.41) is 11.7. The third-order valence-corrected chi connectivity index (χ3v) is 2.79. The lowest BCUT2D eigenvalue weighted by molar-refractivity contribution is -0.135. The largest absolute Gasteiger partial charge is 0.480 e. The van der Waals surface area contributed by atoms with Crippen LogP contribution in [0.15, 0.2) is 24.3 Å². The van der Waals surface area contributed by atoms with Crippen LogP contribution in [0.5, 0.6) is 0 Å². The van der Waals surface area contributed by atoms with Crippen molar-refractivity contribution in [1.29, 1.82) is 0 Å². The van der Waals surface area contributed by atoms with Crippen LogP contribution in [0.3, 0.4) is 0 Å². The van der Waals surface area contributed by atoms with Gasteiger partial charge in [-0.1, -0.05) is 25.5 Å². The number of nitrogen functional groups attached to an aromatic ring is 1. The zero-order valence-corrected chi connectivity index (χ0v) is 11.6. The lowest BCUT2D eigenvalue weighted by atomic mass is 10.2. The molecule has 6 heteroatoms. The SMILES string of the molecule is CCCCNC(=O)CN(CC(=O)O)c1ccccc1N. The molecule has 0 radical (unpaired) electrons. The van der Waals surface area contributed by atoms with E-state index < -0.39 is 5.97 Å². The molecule has 1 aromatic carbocycles. The van der Waals surface area contributed by atoms with Gasteiger partial charge in [-0.25, -0.2) is 0 Å². The summed E-state index contributed by atoms with van der Waals surface area (Å²) >= 11 is 0. The number of benzene rings is 1. The summed E-state index contributed by atoms with van der Waals surface area (Å²) in [6.07, 6.45) is 1.89. The van der Waals surface area contributed by atoms with Crippen molar-refractivity contribution in [1.82, 2.24) is 5.32 Å². The topological polar surface area (TPSA) is 95.7 Å². The summed E-state index contributed by atoms with van der Waals surface area (Å²) in [5.41, 5.74) is 6.84. The first-order chi connectivity index (χ1) is 9.54. The van der Waals surface area contributed by atoms with Crippen molar-refractivity contribution in [3.63, 3.8) is 0 Å². The van der Waals surface area contributed by atoms with E-state index in [1.807, 2.05) is 6.92 Å². The zero-order chi connectivity index (χ0) is 15.0. The number of nitrogens with zero attached hydrogens (tertiary/aromatic N) is 1. The van der Waals surface area contributed by atoms with E-state index in [0.29, 0.717) is 17.9 Å². The summed E-state index contributed by atoms with van der Waals surface area (Å²) in [4.78, 5) is 24.2. The molecule has 0 bridgehead atoms. The smallest absolute Gasteiger partial charge is 0.323 e. The highest BCUT2D eigenvalue weighted by atomic mass is 16.4. The van der Waals surface area contributed by atoms with Crippen molar-refractivity contribution in [2.45, 2.75) is 19.8 Å². The molecule has 0 aliphatic heterocycles. The van der Waals surface area contributed by atoms with E-state index in [-0.39, 0.29) is 19.0 Å². The molecule has 0 unspecified atom stereocenters. The Morgan fingerprint density at radius 2 is 2.00 bits per heavy atom. The maximum absolute atomic E-state index is 11.8. The number of para-hydroxylation sites is 2. The van der Waals surface area contributed by atoms with Gasteiger partial charge in [-0.15, -0.1) is 0 Å². The molecule has 0 aliphatic carbocycles. The van der Waals surface area contributed by atoms with Gasteiger partial charge >= 0.3 is 5.97 Å². The highest BCUT2D eigenvalue weighted by Gasteiger charge is 2.16. The summed E-state index contributed by atoms with van der Waals surface area (Å²) < 4.78 is 0. The molecule has 4 N–H and O–H groups in total. The highest BCUT2D eigenvalue weighted by molar-refractivity contribution is 5.86. The number of carboxylic acid groups (broad SMARTS) is 1. The molecule has 0 saturated carbocycles. The average Bonchev–Trinajstić information content (AvgIpc) is 2.38. The Kier molecular flexibility index (Phi) is 6.36. The van der Waals surface area contributed by atoms with Crippen LogP contribution in [-0.2, 0) is 9.59 Å². The number of hydrogen-bond acceptors (Lipinski definition) is 4. The number of carbonyl (C=O) groups is 2. The van der Waals surface area contributed by atoms with E-state index in [1.165, 1.54) is 4.90 Å². The molecule has 110 valence electrons. The Bertz CT molecular complexity index is 463. The van der Waals surface area contributed by atoms with E-state index in [9.17, 15) is 9.59 Å². The average molecular weight is 279 g/mol. The minimum Gasteiger partial charge on any atom is -0.480 e. The molecule has 1 rings (SSSR count). The lowest BCUT2D eigenvalue weighted by Crippen LogP contribution is -2.40. The number of amides is 1. The van der Waals surface area contributed by atoms with Gasteiger partial charge in [0.1, 0.15) is 6.54 Å². The Balaban J connectivity index is 2.72. The van der Waals surface area contributed by atoms with Crippen LogP contribution in [0.2, 0.25) is 0 Å². The van der Waals surface area contributed by atoms with Gasteiger partial charge in [-0.2, -0.15) is 0 Å². The predicted molar refractivity (Wildman–Crippen MR) is 78.6 cm³/mol. The molecule has 0 aromatic heterocycles. The van der Waals surface area contributed by atoms with E-state index in [1.54, 1.807) is 24.3 Å². The number of unbranched alkanes of at least 4 members (excludes halogenated alkanes) is 1.